The summed E-state index contributed by atoms with van der Waals surface area (Å²) in [5.74, 6) is 0.174. The second-order valence-electron chi connectivity index (χ2n) is 5.59. The summed E-state index contributed by atoms with van der Waals surface area (Å²) >= 11 is 3.07. The van der Waals surface area contributed by atoms with Gasteiger partial charge in [-0.15, -0.1) is 21.5 Å². The maximum atomic E-state index is 14.0. The van der Waals surface area contributed by atoms with E-state index in [1.54, 1.807) is 40.4 Å². The predicted octanol–water partition coefficient (Wildman–Crippen LogP) is 4.39. The lowest BCUT2D eigenvalue weighted by atomic mass is 10.2. The van der Waals surface area contributed by atoms with Crippen LogP contribution in [0.4, 0.5) is 4.39 Å². The van der Waals surface area contributed by atoms with Gasteiger partial charge in [-0.2, -0.15) is 0 Å². The highest BCUT2D eigenvalue weighted by atomic mass is 32.2. The van der Waals surface area contributed by atoms with E-state index in [-0.39, 0.29) is 5.82 Å². The second-order valence-corrected chi connectivity index (χ2v) is 7.75. The molecular formula is C17H14FN5S2. The fraction of sp³-hybridized carbons (Fsp3) is 0.176. The fourth-order valence-electron chi connectivity index (χ4n) is 2.59. The standard InChI is InChI=1S/C17H14FN5S2/c1-9-10(2)24-15-13(9)16(20-8-19-15)25-17-22-21-14(23(17)3)11-6-4-5-7-12(11)18/h4-8H,1-3H3. The van der Waals surface area contributed by atoms with E-state index in [1.807, 2.05) is 7.05 Å². The van der Waals surface area contributed by atoms with Gasteiger partial charge in [0.15, 0.2) is 11.0 Å². The van der Waals surface area contributed by atoms with Crippen LogP contribution in [0, 0.1) is 19.7 Å². The highest BCUT2D eigenvalue weighted by Gasteiger charge is 2.18. The van der Waals surface area contributed by atoms with Crippen molar-refractivity contribution in [2.75, 3.05) is 0 Å². The lowest BCUT2D eigenvalue weighted by molar-refractivity contribution is 0.628. The number of aromatic nitrogens is 5. The molecule has 3 aromatic heterocycles. The summed E-state index contributed by atoms with van der Waals surface area (Å²) in [5, 5.41) is 10.9. The lowest BCUT2D eigenvalue weighted by Crippen LogP contribution is -1.97. The van der Waals surface area contributed by atoms with Crippen molar-refractivity contribution in [3.05, 3.63) is 46.9 Å². The third-order valence-corrected chi connectivity index (χ3v) is 6.22. The van der Waals surface area contributed by atoms with E-state index in [0.29, 0.717) is 16.5 Å². The molecule has 0 aliphatic heterocycles. The zero-order valence-corrected chi connectivity index (χ0v) is 15.5. The lowest BCUT2D eigenvalue weighted by Gasteiger charge is -2.05. The molecule has 0 fully saturated rings. The number of aryl methyl sites for hydroxylation is 2. The van der Waals surface area contributed by atoms with Crippen molar-refractivity contribution in [2.24, 2.45) is 7.05 Å². The van der Waals surface area contributed by atoms with E-state index in [2.05, 4.69) is 34.0 Å². The molecule has 126 valence electrons. The zero-order valence-electron chi connectivity index (χ0n) is 13.8. The number of fused-ring (bicyclic) bond motifs is 1. The van der Waals surface area contributed by atoms with Crippen LogP contribution in [0.3, 0.4) is 0 Å². The van der Waals surface area contributed by atoms with E-state index in [9.17, 15) is 4.39 Å². The Bertz CT molecular complexity index is 1090. The first-order chi connectivity index (χ1) is 12.1. The van der Waals surface area contributed by atoms with Crippen LogP contribution < -0.4 is 0 Å². The first kappa shape index (κ1) is 16.2. The summed E-state index contributed by atoms with van der Waals surface area (Å²) in [6, 6.07) is 6.56. The van der Waals surface area contributed by atoms with Gasteiger partial charge >= 0.3 is 0 Å². The first-order valence-electron chi connectivity index (χ1n) is 7.59. The van der Waals surface area contributed by atoms with E-state index in [0.717, 1.165) is 15.2 Å². The minimum atomic E-state index is -0.316. The molecule has 0 aliphatic rings. The minimum Gasteiger partial charge on any atom is -0.305 e. The van der Waals surface area contributed by atoms with Gasteiger partial charge in [0.25, 0.3) is 0 Å². The van der Waals surface area contributed by atoms with Crippen LogP contribution in [0.5, 0.6) is 0 Å². The Balaban J connectivity index is 1.77. The fourth-order valence-corrected chi connectivity index (χ4v) is 4.59. The van der Waals surface area contributed by atoms with Gasteiger partial charge in [0.1, 0.15) is 22.0 Å². The molecule has 0 unspecified atom stereocenters. The summed E-state index contributed by atoms with van der Waals surface area (Å²) < 4.78 is 15.8. The molecule has 25 heavy (non-hydrogen) atoms. The third kappa shape index (κ3) is 2.71. The molecule has 5 nitrogen and oxygen atoms in total. The Morgan fingerprint density at radius 2 is 1.92 bits per heavy atom. The van der Waals surface area contributed by atoms with Gasteiger partial charge in [-0.25, -0.2) is 14.4 Å². The van der Waals surface area contributed by atoms with E-state index in [1.165, 1.54) is 28.3 Å². The Kier molecular flexibility index (Phi) is 4.01. The van der Waals surface area contributed by atoms with Gasteiger partial charge in [0.05, 0.1) is 5.56 Å². The Morgan fingerprint density at radius 1 is 1.12 bits per heavy atom. The molecule has 4 rings (SSSR count). The van der Waals surface area contributed by atoms with Gasteiger partial charge in [0, 0.05) is 17.3 Å². The summed E-state index contributed by atoms with van der Waals surface area (Å²) in [6.07, 6.45) is 1.56. The Morgan fingerprint density at radius 3 is 2.72 bits per heavy atom. The number of thiophene rings is 1. The molecule has 8 heteroatoms. The number of benzene rings is 1. The topological polar surface area (TPSA) is 56.5 Å². The number of halogens is 1. The predicted molar refractivity (Wildman–Crippen MR) is 97.4 cm³/mol. The minimum absolute atomic E-state index is 0.316. The molecule has 0 amide bonds. The average Bonchev–Trinajstić information content (AvgIpc) is 3.10. The molecule has 0 saturated heterocycles. The average molecular weight is 371 g/mol. The maximum absolute atomic E-state index is 14.0. The van der Waals surface area contributed by atoms with Crippen molar-refractivity contribution in [3.8, 4) is 11.4 Å². The SMILES string of the molecule is Cc1sc2ncnc(Sc3nnc(-c4ccccc4F)n3C)c2c1C. The van der Waals surface area contributed by atoms with Crippen molar-refractivity contribution >= 4 is 33.3 Å². The van der Waals surface area contributed by atoms with Gasteiger partial charge in [-0.3, -0.25) is 0 Å². The van der Waals surface area contributed by atoms with Gasteiger partial charge in [-0.05, 0) is 43.3 Å². The first-order valence-corrected chi connectivity index (χ1v) is 9.22. The maximum Gasteiger partial charge on any atom is 0.197 e. The van der Waals surface area contributed by atoms with Crippen LogP contribution in [0.2, 0.25) is 0 Å². The van der Waals surface area contributed by atoms with Crippen molar-refractivity contribution in [3.63, 3.8) is 0 Å². The normalized spacial score (nSPS) is 11.4. The highest BCUT2D eigenvalue weighted by Crippen LogP contribution is 2.37. The second kappa shape index (κ2) is 6.20. The molecule has 0 atom stereocenters. The highest BCUT2D eigenvalue weighted by molar-refractivity contribution is 7.99. The van der Waals surface area contributed by atoms with Crippen molar-refractivity contribution in [1.29, 1.82) is 0 Å². The molecule has 0 bridgehead atoms. The molecule has 0 spiro atoms. The zero-order chi connectivity index (χ0) is 17.6. The van der Waals surface area contributed by atoms with Gasteiger partial charge < -0.3 is 4.57 Å². The van der Waals surface area contributed by atoms with Gasteiger partial charge in [0.2, 0.25) is 0 Å². The van der Waals surface area contributed by atoms with Crippen LogP contribution in [-0.4, -0.2) is 24.7 Å². The Labute approximate surface area is 152 Å². The number of hydrogen-bond donors (Lipinski definition) is 0. The summed E-state index contributed by atoms with van der Waals surface area (Å²) in [5.41, 5.74) is 1.61. The van der Waals surface area contributed by atoms with Gasteiger partial charge in [-0.1, -0.05) is 12.1 Å². The van der Waals surface area contributed by atoms with Crippen LogP contribution in [0.25, 0.3) is 21.6 Å². The van der Waals surface area contributed by atoms with Crippen molar-refractivity contribution in [1.82, 2.24) is 24.7 Å². The van der Waals surface area contributed by atoms with Crippen LogP contribution in [-0.2, 0) is 7.05 Å². The quantitative estimate of drug-likeness (QED) is 0.500. The van der Waals surface area contributed by atoms with Crippen LogP contribution in [0.15, 0.2) is 40.8 Å². The molecule has 4 aromatic rings. The van der Waals surface area contributed by atoms with Crippen LogP contribution >= 0.6 is 23.1 Å². The smallest absolute Gasteiger partial charge is 0.197 e. The number of nitrogens with zero attached hydrogens (tertiary/aromatic N) is 5. The Hall–Kier alpha value is -2.32. The molecule has 0 radical (unpaired) electrons. The van der Waals surface area contributed by atoms with Crippen molar-refractivity contribution in [2.45, 2.75) is 24.0 Å². The van der Waals surface area contributed by atoms with Crippen molar-refractivity contribution < 1.29 is 4.39 Å². The monoisotopic (exact) mass is 371 g/mol. The molecule has 0 N–H and O–H groups in total. The summed E-state index contributed by atoms with van der Waals surface area (Å²) in [4.78, 5) is 11.0. The van der Waals surface area contributed by atoms with Crippen LogP contribution in [0.1, 0.15) is 10.4 Å². The molecular weight excluding hydrogens is 357 g/mol. The summed E-state index contributed by atoms with van der Waals surface area (Å²) in [6.45, 7) is 4.15. The third-order valence-electron chi connectivity index (χ3n) is 4.07. The molecule has 0 aliphatic carbocycles. The molecule has 3 heterocycles. The molecule has 0 saturated carbocycles. The summed E-state index contributed by atoms with van der Waals surface area (Å²) in [7, 11) is 1.83. The number of rotatable bonds is 3. The van der Waals surface area contributed by atoms with E-state index in [4.69, 9.17) is 0 Å². The largest absolute Gasteiger partial charge is 0.305 e. The van der Waals surface area contributed by atoms with E-state index < -0.39 is 0 Å². The molecule has 1 aromatic carbocycles. The van der Waals surface area contributed by atoms with E-state index >= 15 is 0 Å². The number of hydrogen-bond acceptors (Lipinski definition) is 6.